The zero-order chi connectivity index (χ0) is 23.2. The molecule has 0 saturated carbocycles. The molecule has 0 atom stereocenters. The fraction of sp³-hybridized carbons (Fsp3) is 0.107. The molecule has 6 heteroatoms. The molecule has 6 rings (SSSR count). The fourth-order valence-corrected chi connectivity index (χ4v) is 4.70. The first-order valence-corrected chi connectivity index (χ1v) is 11.6. The summed E-state index contributed by atoms with van der Waals surface area (Å²) >= 11 is 6.18. The number of nitrogens with zero attached hydrogens (tertiary/aromatic N) is 4. The van der Waals surface area contributed by atoms with E-state index in [9.17, 15) is 4.79 Å². The van der Waals surface area contributed by atoms with Crippen LogP contribution in [0.15, 0.2) is 83.8 Å². The third-order valence-corrected chi connectivity index (χ3v) is 6.43. The quantitative estimate of drug-likeness (QED) is 0.321. The molecule has 0 amide bonds. The molecule has 34 heavy (non-hydrogen) atoms. The Hall–Kier alpha value is -3.96. The second kappa shape index (κ2) is 8.12. The van der Waals surface area contributed by atoms with Crippen molar-refractivity contribution in [3.05, 3.63) is 111 Å². The Balaban J connectivity index is 1.54. The second-order valence-corrected chi connectivity index (χ2v) is 8.99. The maximum absolute atomic E-state index is 13.1. The molecule has 1 aliphatic heterocycles. The van der Waals surface area contributed by atoms with Crippen molar-refractivity contribution >= 4 is 34.2 Å². The molecule has 0 radical (unpaired) electrons. The van der Waals surface area contributed by atoms with Crippen LogP contribution < -0.4 is 5.56 Å². The summed E-state index contributed by atoms with van der Waals surface area (Å²) in [5.41, 5.74) is 6.70. The highest BCUT2D eigenvalue weighted by molar-refractivity contribution is 6.31. The van der Waals surface area contributed by atoms with E-state index in [0.717, 1.165) is 34.5 Å². The third-order valence-electron chi connectivity index (χ3n) is 6.19. The summed E-state index contributed by atoms with van der Waals surface area (Å²) in [7, 11) is 0. The number of para-hydroxylation sites is 1. The number of halogens is 1. The van der Waals surface area contributed by atoms with Crippen molar-refractivity contribution in [2.45, 2.75) is 19.9 Å². The van der Waals surface area contributed by atoms with Gasteiger partial charge in [0.1, 0.15) is 5.82 Å². The summed E-state index contributed by atoms with van der Waals surface area (Å²) in [5.74, 6) is 0.697. The predicted molar refractivity (Wildman–Crippen MR) is 137 cm³/mol. The van der Waals surface area contributed by atoms with Gasteiger partial charge >= 0.3 is 0 Å². The standard InChI is InChI=1S/C28H21ClN4O/c1-18-6-5-7-19(14-18)26-21(17-33(31-26)23-8-3-2-4-9-23)15-20-12-13-32-27(20)30-25-16-22(29)10-11-24(25)28(32)34/h2-11,14-17H,12-13H2,1H3/b20-15-. The number of aryl methyl sites for hydroxylation is 1. The Kier molecular flexibility index (Phi) is 4.93. The maximum atomic E-state index is 13.1. The van der Waals surface area contributed by atoms with Crippen molar-refractivity contribution in [2.24, 2.45) is 0 Å². The van der Waals surface area contributed by atoms with Gasteiger partial charge < -0.3 is 0 Å². The first-order valence-electron chi connectivity index (χ1n) is 11.2. The lowest BCUT2D eigenvalue weighted by Crippen LogP contribution is -2.20. The predicted octanol–water partition coefficient (Wildman–Crippen LogP) is 6.16. The third kappa shape index (κ3) is 3.55. The van der Waals surface area contributed by atoms with E-state index in [0.29, 0.717) is 28.3 Å². The van der Waals surface area contributed by atoms with E-state index in [1.807, 2.05) is 47.3 Å². The number of benzene rings is 3. The van der Waals surface area contributed by atoms with Gasteiger partial charge in [0.2, 0.25) is 0 Å². The monoisotopic (exact) mass is 464 g/mol. The van der Waals surface area contributed by atoms with Crippen molar-refractivity contribution in [2.75, 3.05) is 0 Å². The number of aromatic nitrogens is 4. The number of hydrogen-bond acceptors (Lipinski definition) is 3. The van der Waals surface area contributed by atoms with Crippen LogP contribution in [0.25, 0.3) is 39.5 Å². The van der Waals surface area contributed by atoms with Gasteiger partial charge in [0.05, 0.1) is 22.3 Å². The van der Waals surface area contributed by atoms with E-state index in [4.69, 9.17) is 21.7 Å². The van der Waals surface area contributed by atoms with Crippen LogP contribution >= 0.6 is 11.6 Å². The summed E-state index contributed by atoms with van der Waals surface area (Å²) in [6.45, 7) is 2.69. The number of hydrogen-bond donors (Lipinski definition) is 0. The van der Waals surface area contributed by atoms with Gasteiger partial charge in [-0.25, -0.2) is 9.67 Å². The summed E-state index contributed by atoms with van der Waals surface area (Å²) < 4.78 is 3.66. The summed E-state index contributed by atoms with van der Waals surface area (Å²) in [5, 5.41) is 6.09. The highest BCUT2D eigenvalue weighted by Crippen LogP contribution is 2.32. The lowest BCUT2D eigenvalue weighted by Gasteiger charge is -2.06. The van der Waals surface area contributed by atoms with Gasteiger partial charge in [-0.1, -0.05) is 53.6 Å². The van der Waals surface area contributed by atoms with Gasteiger partial charge in [-0.3, -0.25) is 9.36 Å². The normalized spacial score (nSPS) is 14.1. The van der Waals surface area contributed by atoms with E-state index in [-0.39, 0.29) is 5.56 Å². The number of allylic oxidation sites excluding steroid dienone is 1. The number of fused-ring (bicyclic) bond motifs is 2. The van der Waals surface area contributed by atoms with Crippen molar-refractivity contribution in [1.29, 1.82) is 0 Å². The van der Waals surface area contributed by atoms with Crippen LogP contribution in [0, 0.1) is 6.92 Å². The van der Waals surface area contributed by atoms with E-state index >= 15 is 0 Å². The van der Waals surface area contributed by atoms with Crippen LogP contribution in [0.3, 0.4) is 0 Å². The zero-order valence-electron chi connectivity index (χ0n) is 18.6. The van der Waals surface area contributed by atoms with Gasteiger partial charge in [-0.15, -0.1) is 0 Å². The first-order chi connectivity index (χ1) is 16.6. The van der Waals surface area contributed by atoms with Crippen LogP contribution in [-0.4, -0.2) is 19.3 Å². The Morgan fingerprint density at radius 2 is 1.85 bits per heavy atom. The van der Waals surface area contributed by atoms with Gasteiger partial charge in [0, 0.05) is 28.9 Å². The van der Waals surface area contributed by atoms with Gasteiger partial charge in [-0.05, 0) is 61.4 Å². The SMILES string of the molecule is Cc1cccc(-c2nn(-c3ccccc3)cc2/C=C2/CCn3c2nc2cc(Cl)ccc2c3=O)c1. The molecule has 0 saturated heterocycles. The molecule has 5 nitrogen and oxygen atoms in total. The lowest BCUT2D eigenvalue weighted by atomic mass is 10.0. The Morgan fingerprint density at radius 3 is 2.68 bits per heavy atom. The minimum atomic E-state index is -0.0287. The van der Waals surface area contributed by atoms with Crippen molar-refractivity contribution < 1.29 is 0 Å². The smallest absolute Gasteiger partial charge is 0.261 e. The van der Waals surface area contributed by atoms with Crippen LogP contribution in [0.4, 0.5) is 0 Å². The minimum absolute atomic E-state index is 0.0287. The Morgan fingerprint density at radius 1 is 1.00 bits per heavy atom. The highest BCUT2D eigenvalue weighted by atomic mass is 35.5. The average Bonchev–Trinajstić information content (AvgIpc) is 3.45. The van der Waals surface area contributed by atoms with Crippen molar-refractivity contribution in [1.82, 2.24) is 19.3 Å². The highest BCUT2D eigenvalue weighted by Gasteiger charge is 2.22. The molecule has 0 unspecified atom stereocenters. The molecular formula is C28H21ClN4O. The maximum Gasteiger partial charge on any atom is 0.261 e. The summed E-state index contributed by atoms with van der Waals surface area (Å²) in [6, 6.07) is 23.6. The zero-order valence-corrected chi connectivity index (χ0v) is 19.3. The molecule has 0 aliphatic carbocycles. The molecule has 5 aromatic rings. The molecular weight excluding hydrogens is 444 g/mol. The molecule has 0 bridgehead atoms. The fourth-order valence-electron chi connectivity index (χ4n) is 4.54. The number of rotatable bonds is 3. The van der Waals surface area contributed by atoms with Gasteiger partial charge in [0.15, 0.2) is 0 Å². The van der Waals surface area contributed by atoms with Crippen LogP contribution in [0.1, 0.15) is 23.4 Å². The lowest BCUT2D eigenvalue weighted by molar-refractivity contribution is 0.725. The molecule has 0 N–H and O–H groups in total. The topological polar surface area (TPSA) is 52.7 Å². The summed E-state index contributed by atoms with van der Waals surface area (Å²) in [4.78, 5) is 17.9. The molecule has 0 spiro atoms. The molecule has 2 aromatic heterocycles. The molecule has 3 heterocycles. The summed E-state index contributed by atoms with van der Waals surface area (Å²) in [6.07, 6.45) is 4.89. The van der Waals surface area contributed by atoms with Gasteiger partial charge in [0.25, 0.3) is 5.56 Å². The molecule has 166 valence electrons. The first kappa shape index (κ1) is 20.6. The van der Waals surface area contributed by atoms with Crippen LogP contribution in [0.2, 0.25) is 5.02 Å². The van der Waals surface area contributed by atoms with Gasteiger partial charge in [-0.2, -0.15) is 5.10 Å². The van der Waals surface area contributed by atoms with E-state index in [2.05, 4.69) is 31.2 Å². The van der Waals surface area contributed by atoms with Crippen molar-refractivity contribution in [3.63, 3.8) is 0 Å². The molecule has 3 aromatic carbocycles. The van der Waals surface area contributed by atoms with Crippen LogP contribution in [-0.2, 0) is 6.54 Å². The van der Waals surface area contributed by atoms with Crippen molar-refractivity contribution in [3.8, 4) is 16.9 Å². The molecule has 0 fully saturated rings. The second-order valence-electron chi connectivity index (χ2n) is 8.56. The van der Waals surface area contributed by atoms with E-state index in [1.54, 1.807) is 22.8 Å². The Bertz CT molecular complexity index is 1650. The Labute approximate surface area is 201 Å². The van der Waals surface area contributed by atoms with E-state index in [1.165, 1.54) is 5.56 Å². The largest absolute Gasteiger partial charge is 0.292 e. The van der Waals surface area contributed by atoms with Crippen LogP contribution in [0.5, 0.6) is 0 Å². The average molecular weight is 465 g/mol. The minimum Gasteiger partial charge on any atom is -0.292 e. The van der Waals surface area contributed by atoms with E-state index < -0.39 is 0 Å². The molecule has 1 aliphatic rings.